The van der Waals surface area contributed by atoms with Crippen molar-refractivity contribution in [3.63, 3.8) is 0 Å². The molecule has 11 heavy (non-hydrogen) atoms. The van der Waals surface area contributed by atoms with Crippen molar-refractivity contribution in [3.8, 4) is 0 Å². The molecule has 0 aromatic heterocycles. The van der Waals surface area contributed by atoms with Crippen LogP contribution in [0.1, 0.15) is 0 Å². The van der Waals surface area contributed by atoms with Crippen LogP contribution >= 0.6 is 0 Å². The summed E-state index contributed by atoms with van der Waals surface area (Å²) in [6, 6.07) is 0. The maximum atomic E-state index is 9.85. The first-order valence-electron chi connectivity index (χ1n) is 2.77. The number of nitrogens with one attached hydrogen (secondary N) is 3. The van der Waals surface area contributed by atoms with Gasteiger partial charge in [0.1, 0.15) is 13.1 Å². The number of carboxylic acid groups (broad SMARTS) is 2. The summed E-state index contributed by atoms with van der Waals surface area (Å²) in [4.78, 5) is 19.7. The van der Waals surface area contributed by atoms with E-state index in [1.807, 2.05) is 0 Å². The lowest BCUT2D eigenvalue weighted by atomic mass is 10.7. The summed E-state index contributed by atoms with van der Waals surface area (Å²) < 4.78 is 0. The van der Waals surface area contributed by atoms with Gasteiger partial charge in [-0.15, -0.1) is 0 Å². The van der Waals surface area contributed by atoms with Gasteiger partial charge in [-0.1, -0.05) is 0 Å². The number of aliphatic carboxylic acids is 2. The Labute approximate surface area is 62.3 Å². The molecule has 0 fully saturated rings. The van der Waals surface area contributed by atoms with E-state index < -0.39 is 11.9 Å². The molecule has 0 spiro atoms. The molecule has 0 amide bonds. The van der Waals surface area contributed by atoms with E-state index in [1.54, 1.807) is 0 Å². The molecule has 0 rings (SSSR count). The van der Waals surface area contributed by atoms with Crippen molar-refractivity contribution >= 4 is 11.9 Å². The van der Waals surface area contributed by atoms with Gasteiger partial charge in [-0.2, -0.15) is 5.53 Å². The van der Waals surface area contributed by atoms with Gasteiger partial charge in [0.15, 0.2) is 0 Å². The number of hydrogen-bond donors (Lipinski definition) is 5. The highest BCUT2D eigenvalue weighted by atomic mass is 16.4. The third kappa shape index (κ3) is 8.82. The molecule has 0 unspecified atom stereocenters. The van der Waals surface area contributed by atoms with Crippen LogP contribution in [0.5, 0.6) is 0 Å². The fourth-order valence-corrected chi connectivity index (χ4v) is 0.302. The standard InChI is InChI=1S/C4H9N3O4/c8-3(9)1-5-7-6-2-4(10)11/h5-7H,1-2H2,(H,8,9)(H,10,11). The Morgan fingerprint density at radius 2 is 1.36 bits per heavy atom. The predicted molar refractivity (Wildman–Crippen MR) is 34.4 cm³/mol. The second kappa shape index (κ2) is 5.59. The maximum Gasteiger partial charge on any atom is 0.318 e. The summed E-state index contributed by atoms with van der Waals surface area (Å²) in [6.45, 7) is -0.570. The van der Waals surface area contributed by atoms with Crippen LogP contribution in [-0.4, -0.2) is 35.2 Å². The second-order valence-corrected chi connectivity index (χ2v) is 1.62. The maximum absolute atomic E-state index is 9.85. The molecule has 0 heterocycles. The van der Waals surface area contributed by atoms with Crippen molar-refractivity contribution in [1.82, 2.24) is 16.4 Å². The second-order valence-electron chi connectivity index (χ2n) is 1.62. The van der Waals surface area contributed by atoms with Crippen LogP contribution < -0.4 is 16.4 Å². The molecule has 0 aromatic rings. The number of carbonyl (C=O) groups is 2. The van der Waals surface area contributed by atoms with E-state index in [0.717, 1.165) is 0 Å². The number of carboxylic acids is 2. The van der Waals surface area contributed by atoms with Crippen LogP contribution in [-0.2, 0) is 9.59 Å². The summed E-state index contributed by atoms with van der Waals surface area (Å²) in [7, 11) is 0. The summed E-state index contributed by atoms with van der Waals surface area (Å²) in [5.74, 6) is -2.07. The Hall–Kier alpha value is -1.18. The average Bonchev–Trinajstić information content (AvgIpc) is 1.85. The molecule has 64 valence electrons. The molecule has 0 saturated carbocycles. The normalized spacial score (nSPS) is 9.45. The third-order valence-corrected chi connectivity index (χ3v) is 0.656. The molecule has 7 heteroatoms. The van der Waals surface area contributed by atoms with Gasteiger partial charge in [-0.3, -0.25) is 9.59 Å². The summed E-state index contributed by atoms with van der Waals surface area (Å²) in [5.41, 5.74) is 6.62. The molecular formula is C4H9N3O4. The smallest absolute Gasteiger partial charge is 0.318 e. The monoisotopic (exact) mass is 163 g/mol. The molecule has 0 radical (unpaired) electrons. The number of rotatable bonds is 6. The van der Waals surface area contributed by atoms with Gasteiger partial charge in [0, 0.05) is 0 Å². The molecule has 0 aliphatic heterocycles. The van der Waals surface area contributed by atoms with Crippen molar-refractivity contribution in [2.45, 2.75) is 0 Å². The summed E-state index contributed by atoms with van der Waals surface area (Å²) >= 11 is 0. The van der Waals surface area contributed by atoms with Crippen LogP contribution in [0.25, 0.3) is 0 Å². The minimum absolute atomic E-state index is 0.285. The van der Waals surface area contributed by atoms with Crippen LogP contribution in [0.4, 0.5) is 0 Å². The fraction of sp³-hybridized carbons (Fsp3) is 0.500. The van der Waals surface area contributed by atoms with Gasteiger partial charge < -0.3 is 10.2 Å². The molecular weight excluding hydrogens is 154 g/mol. The van der Waals surface area contributed by atoms with E-state index in [-0.39, 0.29) is 13.1 Å². The molecule has 0 aliphatic rings. The Kier molecular flexibility index (Phi) is 4.99. The third-order valence-electron chi connectivity index (χ3n) is 0.656. The molecule has 0 saturated heterocycles. The Morgan fingerprint density at radius 1 is 1.00 bits per heavy atom. The number of hydrazine groups is 2. The van der Waals surface area contributed by atoms with Gasteiger partial charge in [0.2, 0.25) is 0 Å². The summed E-state index contributed by atoms with van der Waals surface area (Å²) in [6.07, 6.45) is 0. The minimum Gasteiger partial charge on any atom is -0.480 e. The van der Waals surface area contributed by atoms with Crippen molar-refractivity contribution < 1.29 is 19.8 Å². The molecule has 0 aliphatic carbocycles. The van der Waals surface area contributed by atoms with Crippen LogP contribution in [0.2, 0.25) is 0 Å². The Balaban J connectivity index is 3.03. The Bertz CT molecular complexity index is 132. The molecule has 5 N–H and O–H groups in total. The van der Waals surface area contributed by atoms with Gasteiger partial charge in [0.05, 0.1) is 0 Å². The van der Waals surface area contributed by atoms with Gasteiger partial charge >= 0.3 is 11.9 Å². The topological polar surface area (TPSA) is 111 Å². The first-order valence-corrected chi connectivity index (χ1v) is 2.77. The molecule has 7 nitrogen and oxygen atoms in total. The first kappa shape index (κ1) is 9.82. The zero-order valence-electron chi connectivity index (χ0n) is 5.63. The minimum atomic E-state index is -1.03. The van der Waals surface area contributed by atoms with E-state index in [2.05, 4.69) is 16.4 Å². The van der Waals surface area contributed by atoms with Crippen molar-refractivity contribution in [3.05, 3.63) is 0 Å². The SMILES string of the molecule is O=C(O)CNNNCC(=O)O. The molecule has 0 bridgehead atoms. The fourth-order valence-electron chi connectivity index (χ4n) is 0.302. The lowest BCUT2D eigenvalue weighted by molar-refractivity contribution is -0.136. The van der Waals surface area contributed by atoms with Crippen LogP contribution in [0.3, 0.4) is 0 Å². The highest BCUT2D eigenvalue weighted by molar-refractivity contribution is 5.69. The van der Waals surface area contributed by atoms with Gasteiger partial charge in [0.25, 0.3) is 0 Å². The van der Waals surface area contributed by atoms with E-state index in [1.165, 1.54) is 0 Å². The average molecular weight is 163 g/mol. The van der Waals surface area contributed by atoms with E-state index in [9.17, 15) is 9.59 Å². The lowest BCUT2D eigenvalue weighted by Gasteiger charge is -2.02. The van der Waals surface area contributed by atoms with Gasteiger partial charge in [-0.05, 0) is 0 Å². The lowest BCUT2D eigenvalue weighted by Crippen LogP contribution is -2.47. The molecule has 0 aromatic carbocycles. The Morgan fingerprint density at radius 3 is 1.64 bits per heavy atom. The van der Waals surface area contributed by atoms with Crippen molar-refractivity contribution in [2.24, 2.45) is 0 Å². The van der Waals surface area contributed by atoms with Gasteiger partial charge in [-0.25, -0.2) is 10.9 Å². The number of hydrogen-bond acceptors (Lipinski definition) is 5. The highest BCUT2D eigenvalue weighted by Crippen LogP contribution is 1.55. The quantitative estimate of drug-likeness (QED) is 0.222. The predicted octanol–water partition coefficient (Wildman–Crippen LogP) is -2.25. The van der Waals surface area contributed by atoms with Crippen LogP contribution in [0.15, 0.2) is 0 Å². The highest BCUT2D eigenvalue weighted by Gasteiger charge is 1.95. The van der Waals surface area contributed by atoms with Crippen LogP contribution in [0, 0.1) is 0 Å². The van der Waals surface area contributed by atoms with Crippen molar-refractivity contribution in [1.29, 1.82) is 0 Å². The summed E-state index contributed by atoms with van der Waals surface area (Å²) in [5, 5.41) is 16.2. The van der Waals surface area contributed by atoms with E-state index in [4.69, 9.17) is 10.2 Å². The van der Waals surface area contributed by atoms with E-state index in [0.29, 0.717) is 0 Å². The van der Waals surface area contributed by atoms with Crippen molar-refractivity contribution in [2.75, 3.05) is 13.1 Å². The zero-order chi connectivity index (χ0) is 8.69. The zero-order valence-corrected chi connectivity index (χ0v) is 5.63. The first-order chi connectivity index (χ1) is 5.13. The molecule has 0 atom stereocenters. The largest absolute Gasteiger partial charge is 0.480 e. The van der Waals surface area contributed by atoms with E-state index >= 15 is 0 Å².